The number of primary amides is 1. The molecule has 0 atom stereocenters. The van der Waals surface area contributed by atoms with Crippen LogP contribution in [0.5, 0.6) is 0 Å². The van der Waals surface area contributed by atoms with Crippen molar-refractivity contribution in [3.05, 3.63) is 53.9 Å². The average Bonchev–Trinajstić information content (AvgIpc) is 3.12. The van der Waals surface area contributed by atoms with Crippen molar-refractivity contribution in [2.45, 2.75) is 32.6 Å². The summed E-state index contributed by atoms with van der Waals surface area (Å²) in [6.07, 6.45) is 1.16. The number of amides is 2. The van der Waals surface area contributed by atoms with Crippen LogP contribution in [0.3, 0.4) is 0 Å². The summed E-state index contributed by atoms with van der Waals surface area (Å²) < 4.78 is 5.34. The third-order valence-electron chi connectivity index (χ3n) is 5.86. The Bertz CT molecular complexity index is 1420. The number of hydrogen-bond acceptors (Lipinski definition) is 5. The monoisotopic (exact) mass is 475 g/mol. The van der Waals surface area contributed by atoms with E-state index in [0.717, 1.165) is 39.0 Å². The Morgan fingerprint density at radius 2 is 1.91 bits per heavy atom. The van der Waals surface area contributed by atoms with Crippen LogP contribution in [0.4, 0.5) is 16.2 Å². The van der Waals surface area contributed by atoms with Gasteiger partial charge in [-0.1, -0.05) is 18.2 Å². The summed E-state index contributed by atoms with van der Waals surface area (Å²) in [6, 6.07) is 12.1. The summed E-state index contributed by atoms with van der Waals surface area (Å²) in [5.74, 6) is -0.628. The van der Waals surface area contributed by atoms with Gasteiger partial charge in [-0.2, -0.15) is 19.6 Å². The van der Waals surface area contributed by atoms with E-state index in [4.69, 9.17) is 16.2 Å². The van der Waals surface area contributed by atoms with E-state index in [2.05, 4.69) is 34.9 Å². The van der Waals surface area contributed by atoms with Crippen LogP contribution in [0.2, 0.25) is 25.7 Å². The molecule has 2 aromatic heterocycles. The maximum absolute atomic E-state index is 12.2. The molecule has 4 aromatic rings. The van der Waals surface area contributed by atoms with E-state index >= 15 is 0 Å². The molecule has 6 N–H and O–H groups in total. The number of aromatic amines is 1. The number of nitrogen functional groups attached to an aromatic ring is 1. The maximum Gasteiger partial charge on any atom is 0.411 e. The molecule has 0 unspecified atom stereocenters. The molecule has 0 aliphatic rings. The van der Waals surface area contributed by atoms with Gasteiger partial charge in [0.15, 0.2) is 5.69 Å². The molecule has 34 heavy (non-hydrogen) atoms. The van der Waals surface area contributed by atoms with Crippen molar-refractivity contribution in [2.24, 2.45) is 5.73 Å². The molecule has 2 aromatic carbocycles. The molecule has 0 spiro atoms. The number of H-pyrrole nitrogens is 1. The average molecular weight is 476 g/mol. The van der Waals surface area contributed by atoms with Crippen LogP contribution in [0.1, 0.15) is 16.1 Å². The Morgan fingerprint density at radius 3 is 2.62 bits per heavy atom. The summed E-state index contributed by atoms with van der Waals surface area (Å²) in [4.78, 5) is 31.9. The summed E-state index contributed by atoms with van der Waals surface area (Å²) in [6.45, 7) is 9.03. The van der Waals surface area contributed by atoms with Crippen molar-refractivity contribution in [3.8, 4) is 11.1 Å². The van der Waals surface area contributed by atoms with Gasteiger partial charge < -0.3 is 21.2 Å². The van der Waals surface area contributed by atoms with E-state index in [1.54, 1.807) is 18.3 Å². The number of carbonyl (C=O) groups is 2. The topological polar surface area (TPSA) is 136 Å². The van der Waals surface area contributed by atoms with E-state index in [0.29, 0.717) is 23.5 Å². The van der Waals surface area contributed by atoms with Gasteiger partial charge in [0.1, 0.15) is 0 Å². The molecule has 2 heterocycles. The molecule has 9 heteroatoms. The largest absolute Gasteiger partial charge is 0.452 e. The second-order valence-electron chi connectivity index (χ2n) is 9.61. The zero-order valence-corrected chi connectivity index (χ0v) is 20.8. The number of nitrogens with zero attached hydrogens (tertiary/aromatic N) is 1. The number of ether oxygens (including phenoxy) is 1. The number of aromatic nitrogens is 2. The second-order valence-corrected chi connectivity index (χ2v) is 15.2. The Balaban J connectivity index is 1.76. The van der Waals surface area contributed by atoms with Crippen LogP contribution in [-0.2, 0) is 4.74 Å². The number of pyridine rings is 1. The van der Waals surface area contributed by atoms with Crippen LogP contribution >= 0.6 is 0 Å². The summed E-state index contributed by atoms with van der Waals surface area (Å²) in [5.41, 5.74) is 17.1. The molecular formula is C25H29N5O3Si-. The van der Waals surface area contributed by atoms with E-state index in [9.17, 15) is 9.59 Å². The molecule has 177 valence electrons. The lowest BCUT2D eigenvalue weighted by molar-refractivity contribution is 0.0997. The fourth-order valence-corrected chi connectivity index (χ4v) is 4.65. The smallest absolute Gasteiger partial charge is 0.411 e. The minimum absolute atomic E-state index is 0.150. The van der Waals surface area contributed by atoms with E-state index in [-0.39, 0.29) is 5.69 Å². The van der Waals surface area contributed by atoms with E-state index in [1.165, 1.54) is 0 Å². The van der Waals surface area contributed by atoms with E-state index in [1.807, 2.05) is 31.2 Å². The highest BCUT2D eigenvalue weighted by atomic mass is 28.3. The molecule has 0 aliphatic heterocycles. The highest BCUT2D eigenvalue weighted by molar-refractivity contribution is 6.76. The molecule has 0 saturated heterocycles. The number of carbonyl (C=O) groups excluding carboxylic acids is 2. The number of nitrogens with one attached hydrogen (secondary N) is 2. The predicted octanol–water partition coefficient (Wildman–Crippen LogP) is 5.26. The molecule has 0 saturated carbocycles. The Labute approximate surface area is 198 Å². The predicted molar refractivity (Wildman–Crippen MR) is 140 cm³/mol. The third-order valence-corrected chi connectivity index (χ3v) is 7.56. The first kappa shape index (κ1) is 23.3. The molecule has 0 aliphatic carbocycles. The normalized spacial score (nSPS) is 11.6. The summed E-state index contributed by atoms with van der Waals surface area (Å²) >= 11 is 0. The molecule has 2 amide bonds. The standard InChI is InChI=1S/C25H29N5O3Si/c1-14-16(6-5-7-19(14)26)18-13-28-23(24(27)31)22-21(18)17-9-8-15(12-20(17)30-22)29-25(32)33-10-11-34(2,3)4/h5-9,12-13,30H,10-11,26H2,1-4H3,(H2,27,31)(H,29,32)/q-1. The van der Waals surface area contributed by atoms with Gasteiger partial charge in [-0.25, -0.2) is 9.78 Å². The van der Waals surface area contributed by atoms with Gasteiger partial charge in [-0.05, 0) is 36.2 Å². The van der Waals surface area contributed by atoms with Gasteiger partial charge in [0.25, 0.3) is 5.91 Å². The summed E-state index contributed by atoms with van der Waals surface area (Å²) in [5, 5.41) is 4.46. The minimum atomic E-state index is -1.29. The van der Waals surface area contributed by atoms with Crippen molar-refractivity contribution >= 4 is 53.3 Å². The van der Waals surface area contributed by atoms with Crippen LogP contribution < -0.4 is 16.8 Å². The maximum atomic E-state index is 12.2. The van der Waals surface area contributed by atoms with Gasteiger partial charge in [-0.3, -0.25) is 10.1 Å². The third kappa shape index (κ3) is 4.60. The van der Waals surface area contributed by atoms with Crippen LogP contribution in [-0.4, -0.2) is 36.6 Å². The molecule has 0 radical (unpaired) electrons. The van der Waals surface area contributed by atoms with Crippen LogP contribution in [0.25, 0.3) is 32.9 Å². The Morgan fingerprint density at radius 1 is 1.15 bits per heavy atom. The summed E-state index contributed by atoms with van der Waals surface area (Å²) in [7, 11) is -1.29. The van der Waals surface area contributed by atoms with Crippen molar-refractivity contribution in [1.29, 1.82) is 0 Å². The van der Waals surface area contributed by atoms with Crippen molar-refractivity contribution in [2.75, 3.05) is 17.7 Å². The second kappa shape index (κ2) is 8.83. The van der Waals surface area contributed by atoms with Crippen LogP contribution in [0.15, 0.2) is 42.6 Å². The Kier molecular flexibility index (Phi) is 6.05. The first-order chi connectivity index (χ1) is 16.0. The van der Waals surface area contributed by atoms with E-state index < -0.39 is 20.1 Å². The lowest BCUT2D eigenvalue weighted by Gasteiger charge is -2.26. The number of hydrogen-bond donors (Lipinski definition) is 4. The first-order valence-corrected chi connectivity index (χ1v) is 14.8. The fraction of sp³-hybridized carbons (Fsp3) is 0.240. The molecule has 0 bridgehead atoms. The number of benzene rings is 2. The number of nitrogens with two attached hydrogens (primary N) is 2. The number of fused-ring (bicyclic) bond motifs is 3. The van der Waals surface area contributed by atoms with Gasteiger partial charge in [0.05, 0.1) is 12.1 Å². The van der Waals surface area contributed by atoms with Gasteiger partial charge >= 0.3 is 6.09 Å². The van der Waals surface area contributed by atoms with Gasteiger partial charge in [0, 0.05) is 39.4 Å². The zero-order valence-electron chi connectivity index (χ0n) is 19.8. The zero-order chi connectivity index (χ0) is 24.6. The minimum Gasteiger partial charge on any atom is -0.452 e. The van der Waals surface area contributed by atoms with Gasteiger partial charge in [-0.15, -0.1) is 14.1 Å². The molecule has 8 nitrogen and oxygen atoms in total. The number of anilines is 2. The SMILES string of the molecule is Cc1c(N)cccc1-c1cnc(C(N)=O)c2[nH]c3cc(NC(=O)OCC[Si-](C)(C)C)ccc3c12. The Hall–Kier alpha value is -3.85. The lowest BCUT2D eigenvalue weighted by atomic mass is 9.96. The highest BCUT2D eigenvalue weighted by Gasteiger charge is 2.19. The van der Waals surface area contributed by atoms with Crippen LogP contribution in [0, 0.1) is 6.92 Å². The number of rotatable bonds is 6. The molecule has 4 rings (SSSR count). The van der Waals surface area contributed by atoms with Crippen molar-refractivity contribution in [1.82, 2.24) is 9.97 Å². The molecule has 0 fully saturated rings. The lowest BCUT2D eigenvalue weighted by Crippen LogP contribution is -2.24. The van der Waals surface area contributed by atoms with Gasteiger partial charge in [0.2, 0.25) is 0 Å². The van der Waals surface area contributed by atoms with Crippen molar-refractivity contribution in [3.63, 3.8) is 0 Å². The first-order valence-electron chi connectivity index (χ1n) is 11.1. The quantitative estimate of drug-likeness (QED) is 0.223. The highest BCUT2D eigenvalue weighted by Crippen LogP contribution is 2.38. The molecular weight excluding hydrogens is 446 g/mol. The fourth-order valence-electron chi connectivity index (χ4n) is 3.93. The van der Waals surface area contributed by atoms with Crippen molar-refractivity contribution < 1.29 is 14.3 Å².